The van der Waals surface area contributed by atoms with Gasteiger partial charge in [0.1, 0.15) is 24.2 Å². The van der Waals surface area contributed by atoms with Crippen molar-refractivity contribution >= 4 is 45.5 Å². The number of pyridine rings is 2. The van der Waals surface area contributed by atoms with Gasteiger partial charge in [0.2, 0.25) is 5.91 Å². The number of nitrogens with one attached hydrogen (secondary N) is 3. The molecule has 3 N–H and O–H groups in total. The van der Waals surface area contributed by atoms with Crippen LogP contribution in [0.15, 0.2) is 73.1 Å². The van der Waals surface area contributed by atoms with Crippen LogP contribution in [0.1, 0.15) is 18.2 Å². The molecule has 2 aromatic heterocycles. The van der Waals surface area contributed by atoms with Gasteiger partial charge in [-0.3, -0.25) is 19.7 Å². The first-order valence-electron chi connectivity index (χ1n) is 15.0. The lowest BCUT2D eigenvalue weighted by atomic mass is 10.0. The van der Waals surface area contributed by atoms with Gasteiger partial charge >= 0.3 is 0 Å². The van der Waals surface area contributed by atoms with Crippen LogP contribution in [0.5, 0.6) is 11.5 Å². The molecule has 0 spiro atoms. The van der Waals surface area contributed by atoms with Crippen molar-refractivity contribution in [3.63, 3.8) is 0 Å². The molecule has 230 valence electrons. The number of hydrogen-bond donors (Lipinski definition) is 3. The first-order valence-corrected chi connectivity index (χ1v) is 15.4. The molecule has 2 aliphatic rings. The van der Waals surface area contributed by atoms with E-state index in [1.54, 1.807) is 36.5 Å². The Morgan fingerprint density at radius 2 is 1.98 bits per heavy atom. The van der Waals surface area contributed by atoms with Crippen LogP contribution < -0.4 is 25.4 Å². The Labute approximate surface area is 267 Å². The topological polar surface area (TPSA) is 124 Å². The summed E-state index contributed by atoms with van der Waals surface area (Å²) in [5.74, 6) is 2.15. The molecule has 2 aliphatic heterocycles. The monoisotopic (exact) mass is 623 g/mol. The van der Waals surface area contributed by atoms with E-state index >= 15 is 0 Å². The smallest absolute Gasteiger partial charge is 0.248 e. The third-order valence-electron chi connectivity index (χ3n) is 8.05. The summed E-state index contributed by atoms with van der Waals surface area (Å²) in [6, 6.07) is 16.7. The number of benzene rings is 2. The van der Waals surface area contributed by atoms with Crippen LogP contribution >= 0.6 is 11.6 Å². The van der Waals surface area contributed by atoms with Crippen molar-refractivity contribution in [1.82, 2.24) is 20.2 Å². The lowest BCUT2D eigenvalue weighted by molar-refractivity contribution is -0.111. The number of carbonyl (C=O) groups is 1. The second-order valence-electron chi connectivity index (χ2n) is 11.1. The molecule has 4 aromatic rings. The minimum absolute atomic E-state index is 0.261. The number of hydrogen-bond acceptors (Lipinski definition) is 9. The number of nitriles is 1. The van der Waals surface area contributed by atoms with Gasteiger partial charge in [-0.25, -0.2) is 0 Å². The molecule has 0 radical (unpaired) electrons. The molecule has 0 aliphatic carbocycles. The maximum Gasteiger partial charge on any atom is 0.248 e. The number of fused-ring (bicyclic) bond motifs is 2. The van der Waals surface area contributed by atoms with E-state index in [1.165, 1.54) is 6.20 Å². The van der Waals surface area contributed by atoms with Crippen LogP contribution in [-0.2, 0) is 11.4 Å². The van der Waals surface area contributed by atoms with E-state index in [9.17, 15) is 10.1 Å². The predicted molar refractivity (Wildman–Crippen MR) is 175 cm³/mol. The molecule has 0 bridgehead atoms. The first-order chi connectivity index (χ1) is 22.0. The molecule has 2 fully saturated rings. The zero-order valence-corrected chi connectivity index (χ0v) is 25.7. The molecule has 2 saturated heterocycles. The third-order valence-corrected chi connectivity index (χ3v) is 8.34. The molecule has 45 heavy (non-hydrogen) atoms. The van der Waals surface area contributed by atoms with Crippen molar-refractivity contribution < 1.29 is 14.3 Å². The molecular formula is C34H34ClN7O3. The first kappa shape index (κ1) is 30.3. The number of anilines is 3. The highest BCUT2D eigenvalue weighted by Crippen LogP contribution is 2.37. The van der Waals surface area contributed by atoms with E-state index < -0.39 is 0 Å². The molecule has 1 amide bonds. The van der Waals surface area contributed by atoms with E-state index in [4.69, 9.17) is 21.1 Å². The number of carbonyl (C=O) groups excluding carboxylic acids is 1. The van der Waals surface area contributed by atoms with Crippen LogP contribution in [-0.4, -0.2) is 60.1 Å². The number of aromatic nitrogens is 2. The van der Waals surface area contributed by atoms with E-state index in [0.717, 1.165) is 38.4 Å². The standard InChI is InChI=1S/C34H34ClN7O3/c1-2-44-32-14-29-27(13-30(32)41-33(43)7-5-11-42-19-23-16-37-17-24(23)20-42)34(22(15-36)18-39-29)40-25-8-9-31(28(35)12-25)45-21-26-6-3-4-10-38-26/h3-10,12-14,18,23-24,37H,2,11,16-17,19-21H2,1H3,(H,39,40)(H,41,43)/b7-5+/t23-,24+. The lowest BCUT2D eigenvalue weighted by Crippen LogP contribution is -2.26. The van der Waals surface area contributed by atoms with E-state index in [1.807, 2.05) is 37.3 Å². The van der Waals surface area contributed by atoms with Crippen molar-refractivity contribution in [2.75, 3.05) is 50.0 Å². The van der Waals surface area contributed by atoms with Crippen molar-refractivity contribution in [3.05, 3.63) is 89.4 Å². The van der Waals surface area contributed by atoms with Gasteiger partial charge in [0, 0.05) is 55.2 Å². The Kier molecular flexibility index (Phi) is 9.41. The van der Waals surface area contributed by atoms with Crippen molar-refractivity contribution in [2.24, 2.45) is 11.8 Å². The average Bonchev–Trinajstić information content (AvgIpc) is 3.64. The van der Waals surface area contributed by atoms with Gasteiger partial charge in [0.05, 0.1) is 39.8 Å². The third kappa shape index (κ3) is 7.18. The molecule has 0 unspecified atom stereocenters. The molecule has 4 heterocycles. The molecule has 10 nitrogen and oxygen atoms in total. The van der Waals surface area contributed by atoms with Crippen LogP contribution in [0, 0.1) is 23.2 Å². The Morgan fingerprint density at radius 3 is 2.71 bits per heavy atom. The molecular weight excluding hydrogens is 590 g/mol. The number of halogens is 1. The largest absolute Gasteiger partial charge is 0.492 e. The SMILES string of the molecule is CCOc1cc2ncc(C#N)c(Nc3ccc(OCc4ccccn4)c(Cl)c3)c2cc1NC(=O)/C=C/CN1C[C@H]2CNC[C@H]2C1. The fraction of sp³-hybridized carbons (Fsp3) is 0.294. The van der Waals surface area contributed by atoms with Gasteiger partial charge < -0.3 is 25.4 Å². The molecule has 0 saturated carbocycles. The van der Waals surface area contributed by atoms with Gasteiger partial charge in [0.15, 0.2) is 0 Å². The average molecular weight is 624 g/mol. The molecule has 2 aromatic carbocycles. The summed E-state index contributed by atoms with van der Waals surface area (Å²) in [6.07, 6.45) is 6.69. The van der Waals surface area contributed by atoms with Crippen LogP contribution in [0.3, 0.4) is 0 Å². The number of ether oxygens (including phenoxy) is 2. The highest BCUT2D eigenvalue weighted by molar-refractivity contribution is 6.32. The minimum atomic E-state index is -0.261. The zero-order valence-electron chi connectivity index (χ0n) is 24.9. The number of likely N-dealkylation sites (tertiary alicyclic amines) is 1. The normalized spacial score (nSPS) is 17.7. The zero-order chi connectivity index (χ0) is 31.2. The maximum absolute atomic E-state index is 13.0. The lowest BCUT2D eigenvalue weighted by Gasteiger charge is -2.16. The quantitative estimate of drug-likeness (QED) is 0.185. The fourth-order valence-corrected chi connectivity index (χ4v) is 6.11. The highest BCUT2D eigenvalue weighted by atomic mass is 35.5. The van der Waals surface area contributed by atoms with E-state index in [2.05, 4.69) is 36.9 Å². The van der Waals surface area contributed by atoms with Gasteiger partial charge in [0.25, 0.3) is 0 Å². The van der Waals surface area contributed by atoms with E-state index in [0.29, 0.717) is 68.5 Å². The van der Waals surface area contributed by atoms with Gasteiger partial charge in [-0.1, -0.05) is 23.7 Å². The summed E-state index contributed by atoms with van der Waals surface area (Å²) in [6.45, 7) is 7.56. The van der Waals surface area contributed by atoms with E-state index in [-0.39, 0.29) is 12.5 Å². The summed E-state index contributed by atoms with van der Waals surface area (Å²) < 4.78 is 11.7. The highest BCUT2D eigenvalue weighted by Gasteiger charge is 2.35. The molecule has 11 heteroatoms. The van der Waals surface area contributed by atoms with Crippen LogP contribution in [0.25, 0.3) is 10.9 Å². The second-order valence-corrected chi connectivity index (χ2v) is 11.5. The van der Waals surface area contributed by atoms with Gasteiger partial charge in [-0.15, -0.1) is 0 Å². The molecule has 6 rings (SSSR count). The van der Waals surface area contributed by atoms with Gasteiger partial charge in [-0.05, 0) is 68.2 Å². The number of amides is 1. The summed E-state index contributed by atoms with van der Waals surface area (Å²) >= 11 is 6.56. The Balaban J connectivity index is 1.21. The predicted octanol–water partition coefficient (Wildman–Crippen LogP) is 5.52. The van der Waals surface area contributed by atoms with Crippen LogP contribution in [0.4, 0.5) is 17.1 Å². The Hall–Kier alpha value is -4.69. The van der Waals surface area contributed by atoms with Crippen molar-refractivity contribution in [3.8, 4) is 17.6 Å². The fourth-order valence-electron chi connectivity index (χ4n) is 5.87. The Morgan fingerprint density at radius 1 is 1.13 bits per heavy atom. The van der Waals surface area contributed by atoms with Gasteiger partial charge in [-0.2, -0.15) is 5.26 Å². The second kappa shape index (κ2) is 13.9. The summed E-state index contributed by atoms with van der Waals surface area (Å²) in [5, 5.41) is 20.7. The number of rotatable bonds is 11. The minimum Gasteiger partial charge on any atom is -0.492 e. The summed E-state index contributed by atoms with van der Waals surface area (Å²) in [7, 11) is 0. The maximum atomic E-state index is 13.0. The number of nitrogens with zero attached hydrogens (tertiary/aromatic N) is 4. The molecule has 2 atom stereocenters. The van der Waals surface area contributed by atoms with Crippen molar-refractivity contribution in [2.45, 2.75) is 13.5 Å². The Bertz CT molecular complexity index is 1750. The van der Waals surface area contributed by atoms with Crippen molar-refractivity contribution in [1.29, 1.82) is 5.26 Å². The summed E-state index contributed by atoms with van der Waals surface area (Å²) in [4.78, 5) is 24.1. The summed E-state index contributed by atoms with van der Waals surface area (Å²) in [5.41, 5.74) is 3.39. The van der Waals surface area contributed by atoms with Crippen LogP contribution in [0.2, 0.25) is 5.02 Å².